The third-order valence-corrected chi connectivity index (χ3v) is 3.76. The lowest BCUT2D eigenvalue weighted by Crippen LogP contribution is -2.35. The van der Waals surface area contributed by atoms with Gasteiger partial charge in [-0.15, -0.1) is 0 Å². The number of benzene rings is 2. The maximum absolute atomic E-state index is 12.1. The van der Waals surface area contributed by atoms with Crippen LogP contribution >= 0.6 is 0 Å². The minimum Gasteiger partial charge on any atom is -0.508 e. The van der Waals surface area contributed by atoms with E-state index in [0.717, 1.165) is 5.56 Å². The molecule has 2 aromatic rings. The van der Waals surface area contributed by atoms with Crippen LogP contribution in [0.15, 0.2) is 36.4 Å². The van der Waals surface area contributed by atoms with Crippen LogP contribution in [0.4, 0.5) is 21.9 Å². The summed E-state index contributed by atoms with van der Waals surface area (Å²) in [6, 6.07) is 9.35. The van der Waals surface area contributed by atoms with Crippen molar-refractivity contribution in [3.63, 3.8) is 0 Å². The quantitative estimate of drug-likeness (QED) is 0.740. The largest absolute Gasteiger partial charge is 0.508 e. The maximum Gasteiger partial charge on any atom is 0.323 e. The Kier molecular flexibility index (Phi) is 3.99. The summed E-state index contributed by atoms with van der Waals surface area (Å²) in [6.45, 7) is 1.79. The van der Waals surface area contributed by atoms with Crippen molar-refractivity contribution in [3.8, 4) is 11.5 Å². The predicted molar refractivity (Wildman–Crippen MR) is 90.8 cm³/mol. The molecule has 0 radical (unpaired) electrons. The van der Waals surface area contributed by atoms with E-state index in [0.29, 0.717) is 22.8 Å². The lowest BCUT2D eigenvalue weighted by molar-refractivity contribution is -0.120. The number of nitrogens with zero attached hydrogens (tertiary/aromatic N) is 1. The van der Waals surface area contributed by atoms with Crippen LogP contribution in [-0.4, -0.2) is 30.7 Å². The molecular weight excluding hydrogens is 310 g/mol. The molecule has 0 saturated carbocycles. The molecule has 3 N–H and O–H groups in total. The van der Waals surface area contributed by atoms with Crippen LogP contribution in [0.3, 0.4) is 0 Å². The van der Waals surface area contributed by atoms with Crippen molar-refractivity contribution in [1.82, 2.24) is 0 Å². The second-order valence-corrected chi connectivity index (χ2v) is 5.50. The monoisotopic (exact) mass is 327 g/mol. The minimum atomic E-state index is -0.422. The molecule has 3 amide bonds. The lowest BCUT2D eigenvalue weighted by Gasteiger charge is -2.26. The van der Waals surface area contributed by atoms with Gasteiger partial charge in [-0.05, 0) is 48.9 Å². The van der Waals surface area contributed by atoms with Gasteiger partial charge in [0.1, 0.15) is 11.5 Å². The van der Waals surface area contributed by atoms with Crippen molar-refractivity contribution < 1.29 is 19.4 Å². The number of nitrogens with one attached hydrogen (secondary N) is 2. The van der Waals surface area contributed by atoms with E-state index in [1.54, 1.807) is 44.3 Å². The number of aryl methyl sites for hydroxylation is 1. The van der Waals surface area contributed by atoms with Gasteiger partial charge in [0.05, 0.1) is 5.69 Å². The van der Waals surface area contributed by atoms with Gasteiger partial charge in [0.25, 0.3) is 5.91 Å². The Bertz CT molecular complexity index is 819. The average Bonchev–Trinajstić information content (AvgIpc) is 2.54. The first kappa shape index (κ1) is 15.7. The Hall–Kier alpha value is -3.22. The number of aromatic hydroxyl groups is 1. The van der Waals surface area contributed by atoms with Crippen LogP contribution in [0.5, 0.6) is 11.5 Å². The summed E-state index contributed by atoms with van der Waals surface area (Å²) in [4.78, 5) is 25.3. The van der Waals surface area contributed by atoms with Crippen molar-refractivity contribution in [1.29, 1.82) is 0 Å². The summed E-state index contributed by atoms with van der Waals surface area (Å²) >= 11 is 0. The molecule has 0 unspecified atom stereocenters. The number of urea groups is 1. The zero-order valence-corrected chi connectivity index (χ0v) is 13.3. The molecule has 0 aliphatic carbocycles. The van der Waals surface area contributed by atoms with E-state index in [2.05, 4.69) is 10.6 Å². The first-order valence-electron chi connectivity index (χ1n) is 7.35. The maximum atomic E-state index is 12.1. The molecule has 0 spiro atoms. The van der Waals surface area contributed by atoms with E-state index in [9.17, 15) is 14.7 Å². The molecule has 1 aliphatic rings. The zero-order chi connectivity index (χ0) is 17.3. The summed E-state index contributed by atoms with van der Waals surface area (Å²) < 4.78 is 5.35. The molecule has 0 aromatic heterocycles. The number of carbonyl (C=O) groups excluding carboxylic acids is 2. The van der Waals surface area contributed by atoms with Crippen LogP contribution in [-0.2, 0) is 4.79 Å². The summed E-state index contributed by atoms with van der Waals surface area (Å²) in [5.41, 5.74) is 2.48. The Labute approximate surface area is 138 Å². The number of amides is 3. The van der Waals surface area contributed by atoms with Crippen LogP contribution in [0.2, 0.25) is 0 Å². The van der Waals surface area contributed by atoms with Gasteiger partial charge in [-0.2, -0.15) is 0 Å². The standard InChI is InChI=1S/C17H17N3O4/c1-10-7-12(21)4-5-13(10)19-17(23)18-11-3-6-15-14(8-11)20(2)16(22)9-24-15/h3-8,21H,9H2,1-2H3,(H2,18,19,23). The normalized spacial score (nSPS) is 13.1. The number of phenols is 1. The highest BCUT2D eigenvalue weighted by atomic mass is 16.5. The number of rotatable bonds is 2. The van der Waals surface area contributed by atoms with E-state index in [1.165, 1.54) is 11.0 Å². The van der Waals surface area contributed by atoms with Crippen LogP contribution < -0.4 is 20.3 Å². The SMILES string of the molecule is Cc1cc(O)ccc1NC(=O)Nc1ccc2c(c1)N(C)C(=O)CO2. The number of ether oxygens (including phenoxy) is 1. The number of fused-ring (bicyclic) bond motifs is 1. The van der Waals surface area contributed by atoms with E-state index in [-0.39, 0.29) is 18.3 Å². The molecule has 0 bridgehead atoms. The molecule has 7 nitrogen and oxygen atoms in total. The fourth-order valence-corrected chi connectivity index (χ4v) is 2.42. The molecule has 124 valence electrons. The number of likely N-dealkylation sites (N-methyl/N-ethyl adjacent to an activating group) is 1. The van der Waals surface area contributed by atoms with Gasteiger partial charge in [-0.25, -0.2) is 4.79 Å². The second-order valence-electron chi connectivity index (χ2n) is 5.50. The highest BCUT2D eigenvalue weighted by Gasteiger charge is 2.22. The summed E-state index contributed by atoms with van der Waals surface area (Å²) in [6.07, 6.45) is 0. The van der Waals surface area contributed by atoms with Gasteiger partial charge in [0.15, 0.2) is 6.61 Å². The van der Waals surface area contributed by atoms with Crippen LogP contribution in [0, 0.1) is 6.92 Å². The topological polar surface area (TPSA) is 90.9 Å². The fraction of sp³-hybridized carbons (Fsp3) is 0.176. The zero-order valence-electron chi connectivity index (χ0n) is 13.3. The number of anilines is 3. The van der Waals surface area contributed by atoms with E-state index in [4.69, 9.17) is 4.74 Å². The predicted octanol–water partition coefficient (Wildman–Crippen LogP) is 2.70. The van der Waals surface area contributed by atoms with Crippen LogP contribution in [0.1, 0.15) is 5.56 Å². The molecule has 3 rings (SSSR count). The third kappa shape index (κ3) is 3.10. The summed E-state index contributed by atoms with van der Waals surface area (Å²) in [5.74, 6) is 0.585. The molecule has 7 heteroatoms. The van der Waals surface area contributed by atoms with E-state index < -0.39 is 6.03 Å². The Morgan fingerprint density at radius 3 is 2.75 bits per heavy atom. The first-order chi connectivity index (χ1) is 11.4. The Balaban J connectivity index is 1.74. The van der Waals surface area contributed by atoms with E-state index >= 15 is 0 Å². The molecule has 1 aliphatic heterocycles. The fourth-order valence-electron chi connectivity index (χ4n) is 2.42. The van der Waals surface area contributed by atoms with Crippen LogP contribution in [0.25, 0.3) is 0 Å². The number of carbonyl (C=O) groups is 2. The van der Waals surface area contributed by atoms with Crippen molar-refractivity contribution in [2.75, 3.05) is 29.2 Å². The highest BCUT2D eigenvalue weighted by molar-refractivity contribution is 6.02. The number of phenolic OH excluding ortho intramolecular Hbond substituents is 1. The first-order valence-corrected chi connectivity index (χ1v) is 7.35. The van der Waals surface area contributed by atoms with Gasteiger partial charge in [0, 0.05) is 18.4 Å². The molecule has 2 aromatic carbocycles. The number of hydrogen-bond donors (Lipinski definition) is 3. The van der Waals surface area contributed by atoms with Crippen molar-refractivity contribution in [3.05, 3.63) is 42.0 Å². The van der Waals surface area contributed by atoms with Crippen molar-refractivity contribution >= 4 is 29.0 Å². The molecule has 24 heavy (non-hydrogen) atoms. The van der Waals surface area contributed by atoms with Gasteiger partial charge >= 0.3 is 6.03 Å². The van der Waals surface area contributed by atoms with Gasteiger partial charge < -0.3 is 25.4 Å². The van der Waals surface area contributed by atoms with Gasteiger partial charge in [-0.3, -0.25) is 4.79 Å². The van der Waals surface area contributed by atoms with Crippen molar-refractivity contribution in [2.24, 2.45) is 0 Å². The molecule has 0 fully saturated rings. The summed E-state index contributed by atoms with van der Waals surface area (Å²) in [7, 11) is 1.66. The minimum absolute atomic E-state index is 0.0108. The average molecular weight is 327 g/mol. The Morgan fingerprint density at radius 2 is 2.00 bits per heavy atom. The lowest BCUT2D eigenvalue weighted by atomic mass is 10.2. The Morgan fingerprint density at radius 1 is 1.21 bits per heavy atom. The summed E-state index contributed by atoms with van der Waals surface area (Å²) in [5, 5.41) is 14.8. The smallest absolute Gasteiger partial charge is 0.323 e. The molecular formula is C17H17N3O4. The van der Waals surface area contributed by atoms with E-state index in [1.807, 2.05) is 0 Å². The van der Waals surface area contributed by atoms with Gasteiger partial charge in [0.2, 0.25) is 0 Å². The molecule has 0 saturated heterocycles. The molecule has 1 heterocycles. The second kappa shape index (κ2) is 6.11. The molecule has 0 atom stereocenters. The number of hydrogen-bond acceptors (Lipinski definition) is 4. The van der Waals surface area contributed by atoms with Gasteiger partial charge in [-0.1, -0.05) is 0 Å². The highest BCUT2D eigenvalue weighted by Crippen LogP contribution is 2.33. The third-order valence-electron chi connectivity index (χ3n) is 3.76. The van der Waals surface area contributed by atoms with Crippen molar-refractivity contribution in [2.45, 2.75) is 6.92 Å².